The van der Waals surface area contributed by atoms with E-state index in [0.29, 0.717) is 22.2 Å². The number of carboxylic acid groups (broad SMARTS) is 1. The lowest BCUT2D eigenvalue weighted by Gasteiger charge is -2.30. The summed E-state index contributed by atoms with van der Waals surface area (Å²) in [4.78, 5) is 24.3. The second-order valence-corrected chi connectivity index (χ2v) is 10.2. The maximum atomic E-state index is 13.2. The fourth-order valence-electron chi connectivity index (χ4n) is 4.73. The standard InChI is InChI=1S/C28H23Cl2N3O3S/c29-18-9-5-16(6-10-18)23-15-22(32-33(23)24(34)13-14-25(35)36)27-26(17-7-11-19(30)12-8-17)20-3-1-2-4-21(20)31-28(27)37/h1-12,23,28,31,37H,13-15H2,(H,35,36). The van der Waals surface area contributed by atoms with Crippen LogP contribution in [0.4, 0.5) is 5.69 Å². The number of para-hydroxylation sites is 1. The van der Waals surface area contributed by atoms with E-state index in [4.69, 9.17) is 46.0 Å². The topological polar surface area (TPSA) is 82.0 Å². The number of halogens is 2. The molecule has 6 nitrogen and oxygen atoms in total. The quantitative estimate of drug-likeness (QED) is 0.299. The zero-order chi connectivity index (χ0) is 26.1. The van der Waals surface area contributed by atoms with Crippen molar-refractivity contribution in [1.29, 1.82) is 0 Å². The number of carbonyl (C=O) groups is 2. The molecule has 0 spiro atoms. The fourth-order valence-corrected chi connectivity index (χ4v) is 5.40. The van der Waals surface area contributed by atoms with Gasteiger partial charge in [0.25, 0.3) is 0 Å². The Balaban J connectivity index is 1.64. The molecule has 0 fully saturated rings. The van der Waals surface area contributed by atoms with Crippen LogP contribution in [-0.4, -0.2) is 33.1 Å². The summed E-state index contributed by atoms with van der Waals surface area (Å²) in [7, 11) is 0. The van der Waals surface area contributed by atoms with Gasteiger partial charge in [0.1, 0.15) is 0 Å². The van der Waals surface area contributed by atoms with E-state index in [-0.39, 0.29) is 24.1 Å². The van der Waals surface area contributed by atoms with Gasteiger partial charge in [0.05, 0.1) is 23.5 Å². The number of hydrazone groups is 1. The number of nitrogens with one attached hydrogen (secondary N) is 1. The van der Waals surface area contributed by atoms with Crippen molar-refractivity contribution in [1.82, 2.24) is 5.01 Å². The Kier molecular flexibility index (Phi) is 7.29. The van der Waals surface area contributed by atoms with E-state index in [1.807, 2.05) is 60.7 Å². The van der Waals surface area contributed by atoms with Crippen LogP contribution in [-0.2, 0) is 9.59 Å². The highest BCUT2D eigenvalue weighted by Gasteiger charge is 2.38. The average molecular weight is 552 g/mol. The van der Waals surface area contributed by atoms with Crippen LogP contribution in [0.5, 0.6) is 0 Å². The Morgan fingerprint density at radius 2 is 1.62 bits per heavy atom. The summed E-state index contributed by atoms with van der Waals surface area (Å²) in [6.07, 6.45) is 0.0226. The predicted octanol–water partition coefficient (Wildman–Crippen LogP) is 6.67. The molecule has 2 aliphatic heterocycles. The number of thiol groups is 1. The summed E-state index contributed by atoms with van der Waals surface area (Å²) in [6, 6.07) is 22.4. The van der Waals surface area contributed by atoms with Gasteiger partial charge in [-0.1, -0.05) is 65.7 Å². The first-order chi connectivity index (χ1) is 17.8. The zero-order valence-corrected chi connectivity index (χ0v) is 22.0. The van der Waals surface area contributed by atoms with E-state index < -0.39 is 12.0 Å². The summed E-state index contributed by atoms with van der Waals surface area (Å²) >= 11 is 17.2. The molecule has 2 heterocycles. The van der Waals surface area contributed by atoms with Gasteiger partial charge in [0.2, 0.25) is 5.91 Å². The Hall–Kier alpha value is -3.26. The fraction of sp³-hybridized carbons (Fsp3) is 0.179. The summed E-state index contributed by atoms with van der Waals surface area (Å²) in [5, 5.41) is 19.6. The van der Waals surface area contributed by atoms with Gasteiger partial charge in [-0.3, -0.25) is 9.59 Å². The van der Waals surface area contributed by atoms with Crippen molar-refractivity contribution in [3.63, 3.8) is 0 Å². The molecule has 2 aliphatic rings. The number of nitrogens with zero attached hydrogens (tertiary/aromatic N) is 2. The second kappa shape index (κ2) is 10.6. The molecule has 0 aliphatic carbocycles. The molecule has 9 heteroatoms. The van der Waals surface area contributed by atoms with Crippen molar-refractivity contribution in [2.75, 3.05) is 5.32 Å². The van der Waals surface area contributed by atoms with Crippen molar-refractivity contribution < 1.29 is 14.7 Å². The van der Waals surface area contributed by atoms with E-state index in [1.54, 1.807) is 12.1 Å². The highest BCUT2D eigenvalue weighted by molar-refractivity contribution is 7.81. The van der Waals surface area contributed by atoms with Gasteiger partial charge in [-0.25, -0.2) is 5.01 Å². The maximum absolute atomic E-state index is 13.2. The van der Waals surface area contributed by atoms with Gasteiger partial charge in [0, 0.05) is 39.7 Å². The van der Waals surface area contributed by atoms with Crippen LogP contribution in [0.3, 0.4) is 0 Å². The smallest absolute Gasteiger partial charge is 0.303 e. The lowest BCUT2D eigenvalue weighted by molar-refractivity contribution is -0.141. The molecule has 0 saturated carbocycles. The largest absolute Gasteiger partial charge is 0.481 e. The van der Waals surface area contributed by atoms with Crippen molar-refractivity contribution >= 4 is 64.7 Å². The molecule has 3 aromatic rings. The molecule has 188 valence electrons. The van der Waals surface area contributed by atoms with Crippen LogP contribution in [0.1, 0.15) is 42.0 Å². The monoisotopic (exact) mass is 551 g/mol. The summed E-state index contributed by atoms with van der Waals surface area (Å²) in [5.74, 6) is -1.39. The van der Waals surface area contributed by atoms with Crippen LogP contribution in [0.25, 0.3) is 5.57 Å². The molecule has 2 atom stereocenters. The molecule has 2 N–H and O–H groups in total. The number of aliphatic carboxylic acids is 1. The van der Waals surface area contributed by atoms with Crippen molar-refractivity contribution in [3.05, 3.63) is 105 Å². The number of hydrogen-bond acceptors (Lipinski definition) is 5. The third-order valence-electron chi connectivity index (χ3n) is 6.45. The van der Waals surface area contributed by atoms with E-state index >= 15 is 0 Å². The number of amides is 1. The molecule has 0 bridgehead atoms. The zero-order valence-electron chi connectivity index (χ0n) is 19.6. The Morgan fingerprint density at radius 3 is 2.30 bits per heavy atom. The molecule has 2 unspecified atom stereocenters. The molecule has 0 saturated heterocycles. The number of carbonyl (C=O) groups excluding carboxylic acids is 1. The first kappa shape index (κ1) is 25.4. The van der Waals surface area contributed by atoms with E-state index in [1.165, 1.54) is 5.01 Å². The van der Waals surface area contributed by atoms with E-state index in [0.717, 1.165) is 33.5 Å². The minimum Gasteiger partial charge on any atom is -0.481 e. The molecule has 37 heavy (non-hydrogen) atoms. The average Bonchev–Trinajstić information content (AvgIpc) is 3.32. The van der Waals surface area contributed by atoms with Crippen molar-refractivity contribution in [2.24, 2.45) is 5.10 Å². The number of rotatable bonds is 6. The third kappa shape index (κ3) is 5.25. The van der Waals surface area contributed by atoms with Crippen molar-refractivity contribution in [3.8, 4) is 0 Å². The second-order valence-electron chi connectivity index (χ2n) is 8.84. The summed E-state index contributed by atoms with van der Waals surface area (Å²) in [6.45, 7) is 0. The van der Waals surface area contributed by atoms with Crippen LogP contribution >= 0.6 is 35.8 Å². The van der Waals surface area contributed by atoms with Gasteiger partial charge in [0.15, 0.2) is 0 Å². The van der Waals surface area contributed by atoms with Gasteiger partial charge >= 0.3 is 5.97 Å². The van der Waals surface area contributed by atoms with E-state index in [9.17, 15) is 9.59 Å². The molecular formula is C28H23Cl2N3O3S. The van der Waals surface area contributed by atoms with Gasteiger partial charge in [-0.2, -0.15) is 5.10 Å². The highest BCUT2D eigenvalue weighted by Crippen LogP contribution is 2.43. The number of hydrogen-bond donors (Lipinski definition) is 3. The van der Waals surface area contributed by atoms with Gasteiger partial charge in [-0.05, 0) is 47.0 Å². The number of fused-ring (bicyclic) bond motifs is 1. The van der Waals surface area contributed by atoms with Gasteiger partial charge in [-0.15, -0.1) is 12.6 Å². The van der Waals surface area contributed by atoms with Crippen LogP contribution in [0.2, 0.25) is 10.0 Å². The summed E-state index contributed by atoms with van der Waals surface area (Å²) in [5.41, 5.74) is 6.27. The van der Waals surface area contributed by atoms with Crippen LogP contribution < -0.4 is 5.32 Å². The van der Waals surface area contributed by atoms with E-state index in [2.05, 4.69) is 5.32 Å². The Morgan fingerprint density at radius 1 is 0.973 bits per heavy atom. The minimum atomic E-state index is -1.03. The summed E-state index contributed by atoms with van der Waals surface area (Å²) < 4.78 is 0. The number of carboxylic acids is 1. The Bertz CT molecular complexity index is 1420. The molecular weight excluding hydrogens is 529 g/mol. The van der Waals surface area contributed by atoms with Crippen LogP contribution in [0.15, 0.2) is 83.5 Å². The molecule has 3 aromatic carbocycles. The maximum Gasteiger partial charge on any atom is 0.303 e. The van der Waals surface area contributed by atoms with Gasteiger partial charge < -0.3 is 10.4 Å². The normalized spacial score (nSPS) is 18.8. The predicted molar refractivity (Wildman–Crippen MR) is 150 cm³/mol. The van der Waals surface area contributed by atoms with Crippen molar-refractivity contribution in [2.45, 2.75) is 30.7 Å². The number of benzene rings is 3. The minimum absolute atomic E-state index is 0.148. The highest BCUT2D eigenvalue weighted by atomic mass is 35.5. The molecule has 1 amide bonds. The lowest BCUT2D eigenvalue weighted by Crippen LogP contribution is -2.27. The molecule has 5 rings (SSSR count). The molecule has 0 radical (unpaired) electrons. The lowest BCUT2D eigenvalue weighted by atomic mass is 9.85. The SMILES string of the molecule is O=C(O)CCC(=O)N1N=C(C2=C(c3ccc(Cl)cc3)c3ccccc3NC2S)CC1c1ccc(Cl)cc1. The first-order valence-electron chi connectivity index (χ1n) is 11.7. The number of anilines is 1. The Labute approximate surface area is 230 Å². The third-order valence-corrected chi connectivity index (χ3v) is 7.34. The first-order valence-corrected chi connectivity index (χ1v) is 13.0. The molecule has 0 aromatic heterocycles. The van der Waals surface area contributed by atoms with Crippen LogP contribution in [0, 0.1) is 0 Å².